The lowest BCUT2D eigenvalue weighted by Crippen LogP contribution is -2.56. The number of halogens is 3. The van der Waals surface area contributed by atoms with Gasteiger partial charge >= 0.3 is 6.18 Å². The molecule has 0 aromatic rings. The normalized spacial score (nSPS) is 47.4. The Balaban J connectivity index is 1.41. The molecule has 4 heteroatoms. The molecule has 4 aliphatic carbocycles. The van der Waals surface area contributed by atoms with Crippen molar-refractivity contribution >= 4 is 0 Å². The molecule has 9 atom stereocenters. The molecule has 1 nitrogen and oxygen atoms in total. The Hall–Kier alpha value is -0.250. The zero-order valence-corrected chi connectivity index (χ0v) is 20.9. The van der Waals surface area contributed by atoms with Crippen LogP contribution < -0.4 is 0 Å². The molecule has 1 N–H and O–H groups in total. The Morgan fingerprint density at radius 1 is 0.906 bits per heavy atom. The van der Waals surface area contributed by atoms with Crippen molar-refractivity contribution in [3.05, 3.63) is 0 Å². The number of rotatable bonds is 6. The minimum atomic E-state index is -4.01. The summed E-state index contributed by atoms with van der Waals surface area (Å²) in [5, 5.41) is 11.0. The largest absolute Gasteiger partial charge is 0.390 e. The lowest BCUT2D eigenvalue weighted by molar-refractivity contribution is -0.152. The van der Waals surface area contributed by atoms with Crippen molar-refractivity contribution in [1.82, 2.24) is 0 Å². The summed E-state index contributed by atoms with van der Waals surface area (Å²) in [6, 6.07) is 0. The summed E-state index contributed by atoms with van der Waals surface area (Å²) in [5.41, 5.74) is 0.347. The molecular weight excluding hydrogens is 409 g/mol. The van der Waals surface area contributed by atoms with Gasteiger partial charge in [-0.05, 0) is 117 Å². The highest BCUT2D eigenvalue weighted by Crippen LogP contribution is 2.69. The van der Waals surface area contributed by atoms with Gasteiger partial charge in [0.15, 0.2) is 0 Å². The van der Waals surface area contributed by atoms with Crippen molar-refractivity contribution in [2.24, 2.45) is 46.3 Å². The SMILES string of the molecule is CC[C@]1(O)CC[C@@]2(C)[C@@H](CC[C@@H]3[C@@H]2CC[C@]2(C)[C@@H]([C@H](C)CCCCC(F)(F)F)CC[C@@H]32)C1. The molecule has 0 bridgehead atoms. The molecular formula is C28H47F3O. The molecule has 0 saturated heterocycles. The summed E-state index contributed by atoms with van der Waals surface area (Å²) in [5.74, 6) is 4.33. The number of fused-ring (bicyclic) bond motifs is 5. The van der Waals surface area contributed by atoms with Crippen molar-refractivity contribution in [2.75, 3.05) is 0 Å². The Bertz CT molecular complexity index is 662. The van der Waals surface area contributed by atoms with Crippen LogP contribution in [0, 0.1) is 46.3 Å². The summed E-state index contributed by atoms with van der Waals surface area (Å²) in [4.78, 5) is 0. The predicted octanol–water partition coefficient (Wildman–Crippen LogP) is 8.55. The minimum Gasteiger partial charge on any atom is -0.390 e. The smallest absolute Gasteiger partial charge is 0.389 e. The third kappa shape index (κ3) is 4.40. The van der Waals surface area contributed by atoms with Crippen LogP contribution in [0.5, 0.6) is 0 Å². The Kier molecular flexibility index (Phi) is 6.80. The molecule has 0 amide bonds. The van der Waals surface area contributed by atoms with Gasteiger partial charge < -0.3 is 5.11 Å². The molecule has 4 rings (SSSR count). The van der Waals surface area contributed by atoms with E-state index in [4.69, 9.17) is 0 Å². The van der Waals surface area contributed by atoms with Crippen LogP contribution in [0.3, 0.4) is 0 Å². The van der Waals surface area contributed by atoms with E-state index in [0.29, 0.717) is 35.0 Å². The van der Waals surface area contributed by atoms with Crippen molar-refractivity contribution in [2.45, 2.75) is 129 Å². The van der Waals surface area contributed by atoms with Gasteiger partial charge in [0, 0.05) is 6.42 Å². The van der Waals surface area contributed by atoms with Crippen LogP contribution in [-0.4, -0.2) is 16.9 Å². The number of unbranched alkanes of at least 4 members (excludes halogenated alkanes) is 1. The Morgan fingerprint density at radius 2 is 1.62 bits per heavy atom. The van der Waals surface area contributed by atoms with Crippen molar-refractivity contribution in [3.63, 3.8) is 0 Å². The molecule has 4 saturated carbocycles. The molecule has 0 radical (unpaired) electrons. The van der Waals surface area contributed by atoms with Gasteiger partial charge in [-0.2, -0.15) is 13.2 Å². The highest BCUT2D eigenvalue weighted by Gasteiger charge is 2.61. The average Bonchev–Trinajstić information content (AvgIpc) is 3.08. The molecule has 0 aromatic carbocycles. The summed E-state index contributed by atoms with van der Waals surface area (Å²) in [6.45, 7) is 9.57. The van der Waals surface area contributed by atoms with E-state index in [1.165, 1.54) is 44.9 Å². The number of alkyl halides is 3. The van der Waals surface area contributed by atoms with Crippen LogP contribution >= 0.6 is 0 Å². The molecule has 0 spiro atoms. The van der Waals surface area contributed by atoms with Crippen LogP contribution in [0.4, 0.5) is 13.2 Å². The van der Waals surface area contributed by atoms with E-state index < -0.39 is 18.2 Å². The first kappa shape index (κ1) is 24.9. The fourth-order valence-electron chi connectivity index (χ4n) is 9.61. The monoisotopic (exact) mass is 456 g/mol. The third-order valence-electron chi connectivity index (χ3n) is 11.6. The van der Waals surface area contributed by atoms with E-state index in [1.54, 1.807) is 0 Å². The van der Waals surface area contributed by atoms with Crippen LogP contribution in [0.15, 0.2) is 0 Å². The highest BCUT2D eigenvalue weighted by atomic mass is 19.4. The Labute approximate surface area is 194 Å². The fourth-order valence-corrected chi connectivity index (χ4v) is 9.61. The van der Waals surface area contributed by atoms with E-state index in [9.17, 15) is 18.3 Å². The van der Waals surface area contributed by atoms with Crippen LogP contribution in [0.2, 0.25) is 0 Å². The Morgan fingerprint density at radius 3 is 2.31 bits per heavy atom. The second-order valence-corrected chi connectivity index (χ2v) is 13.0. The minimum absolute atomic E-state index is 0.287. The standard InChI is InChI=1S/C28H47F3O/c1-5-27(32)17-16-25(3)20(18-27)9-10-21-23-12-11-22(26(23,4)15-13-24(21)25)19(2)8-6-7-14-28(29,30)31/h19-24,32H,5-18H2,1-4H3/t19-,20+,21+,22-,23+,24+,25+,26-,27+/m1/s1. The summed E-state index contributed by atoms with van der Waals surface area (Å²) in [7, 11) is 0. The van der Waals surface area contributed by atoms with E-state index in [-0.39, 0.29) is 6.42 Å². The lowest BCUT2D eigenvalue weighted by Gasteiger charge is -2.62. The van der Waals surface area contributed by atoms with Crippen molar-refractivity contribution in [1.29, 1.82) is 0 Å². The van der Waals surface area contributed by atoms with Gasteiger partial charge in [-0.15, -0.1) is 0 Å². The molecule has 0 heterocycles. The molecule has 0 aromatic heterocycles. The zero-order valence-electron chi connectivity index (χ0n) is 20.9. The first-order valence-electron chi connectivity index (χ1n) is 13.7. The summed E-state index contributed by atoms with van der Waals surface area (Å²) >= 11 is 0. The van der Waals surface area contributed by atoms with Crippen molar-refractivity contribution in [3.8, 4) is 0 Å². The summed E-state index contributed by atoms with van der Waals surface area (Å²) < 4.78 is 37.6. The highest BCUT2D eigenvalue weighted by molar-refractivity contribution is 5.10. The van der Waals surface area contributed by atoms with Gasteiger partial charge in [-0.25, -0.2) is 0 Å². The van der Waals surface area contributed by atoms with Gasteiger partial charge in [0.2, 0.25) is 0 Å². The van der Waals surface area contributed by atoms with Gasteiger partial charge in [0.05, 0.1) is 5.60 Å². The zero-order chi connectivity index (χ0) is 23.4. The molecule has 186 valence electrons. The van der Waals surface area contributed by atoms with Crippen molar-refractivity contribution < 1.29 is 18.3 Å². The summed E-state index contributed by atoms with van der Waals surface area (Å²) in [6.07, 6.45) is 9.21. The van der Waals surface area contributed by atoms with Gasteiger partial charge in [0.1, 0.15) is 0 Å². The quantitative estimate of drug-likeness (QED) is 0.397. The van der Waals surface area contributed by atoms with E-state index in [1.807, 2.05) is 0 Å². The average molecular weight is 457 g/mol. The molecule has 32 heavy (non-hydrogen) atoms. The lowest BCUT2D eigenvalue weighted by atomic mass is 9.43. The first-order chi connectivity index (χ1) is 14.9. The second-order valence-electron chi connectivity index (χ2n) is 13.0. The molecule has 0 aliphatic heterocycles. The molecule has 4 fully saturated rings. The maximum absolute atomic E-state index is 12.5. The maximum atomic E-state index is 12.5. The molecule has 4 aliphatic rings. The van der Waals surface area contributed by atoms with Gasteiger partial charge in [-0.1, -0.05) is 40.5 Å². The van der Waals surface area contributed by atoms with Gasteiger partial charge in [-0.3, -0.25) is 0 Å². The van der Waals surface area contributed by atoms with Gasteiger partial charge in [0.25, 0.3) is 0 Å². The fraction of sp³-hybridized carbons (Fsp3) is 1.00. The number of hydrogen-bond acceptors (Lipinski definition) is 1. The number of hydrogen-bond donors (Lipinski definition) is 1. The third-order valence-corrected chi connectivity index (χ3v) is 11.6. The van der Waals surface area contributed by atoms with E-state index in [0.717, 1.165) is 43.4 Å². The molecule has 0 unspecified atom stereocenters. The number of aliphatic hydroxyl groups is 1. The van der Waals surface area contributed by atoms with Crippen LogP contribution in [-0.2, 0) is 0 Å². The van der Waals surface area contributed by atoms with Crippen LogP contribution in [0.1, 0.15) is 118 Å². The maximum Gasteiger partial charge on any atom is 0.389 e. The van der Waals surface area contributed by atoms with E-state index in [2.05, 4.69) is 27.7 Å². The van der Waals surface area contributed by atoms with Crippen LogP contribution in [0.25, 0.3) is 0 Å². The topological polar surface area (TPSA) is 20.2 Å². The van der Waals surface area contributed by atoms with E-state index >= 15 is 0 Å². The predicted molar refractivity (Wildman–Crippen MR) is 124 cm³/mol. The first-order valence-corrected chi connectivity index (χ1v) is 13.7. The second kappa shape index (κ2) is 8.76.